The van der Waals surface area contributed by atoms with Crippen molar-refractivity contribution in [3.8, 4) is 0 Å². The van der Waals surface area contributed by atoms with Gasteiger partial charge in [-0.25, -0.2) is 4.79 Å². The monoisotopic (exact) mass is 355 g/mol. The Morgan fingerprint density at radius 1 is 1.17 bits per heavy atom. The molecule has 0 radical (unpaired) electrons. The molecule has 1 amide bonds. The van der Waals surface area contributed by atoms with E-state index in [-0.39, 0.29) is 5.69 Å². The molecule has 4 nitrogen and oxygen atoms in total. The topological polar surface area (TPSA) is 55.4 Å². The predicted molar refractivity (Wildman–Crippen MR) is 84.4 cm³/mol. The van der Waals surface area contributed by atoms with E-state index < -0.39 is 30.2 Å². The molecule has 1 N–H and O–H groups in total. The summed E-state index contributed by atoms with van der Waals surface area (Å²) >= 11 is 1.44. The van der Waals surface area contributed by atoms with Crippen LogP contribution in [0.2, 0.25) is 0 Å². The molecule has 0 aliphatic carbocycles. The number of alkyl halides is 3. The maximum Gasteiger partial charge on any atom is 0.416 e. The predicted octanol–water partition coefficient (Wildman–Crippen LogP) is 3.96. The second-order valence-electron chi connectivity index (χ2n) is 4.58. The third kappa shape index (κ3) is 5.54. The summed E-state index contributed by atoms with van der Waals surface area (Å²) in [6.07, 6.45) is -1.69. The molecule has 24 heavy (non-hydrogen) atoms. The van der Waals surface area contributed by atoms with Crippen molar-refractivity contribution >= 4 is 35.0 Å². The molecule has 0 atom stereocenters. The van der Waals surface area contributed by atoms with Crippen LogP contribution >= 0.6 is 11.3 Å². The Kier molecular flexibility index (Phi) is 5.75. The van der Waals surface area contributed by atoms with Gasteiger partial charge in [0.15, 0.2) is 6.61 Å². The van der Waals surface area contributed by atoms with Crippen LogP contribution in [-0.2, 0) is 20.5 Å². The molecule has 0 bridgehead atoms. The lowest BCUT2D eigenvalue weighted by molar-refractivity contribution is -0.142. The Hall–Kier alpha value is -2.61. The smallest absolute Gasteiger partial charge is 0.416 e. The number of anilines is 1. The summed E-state index contributed by atoms with van der Waals surface area (Å²) in [5, 5.41) is 4.19. The zero-order chi connectivity index (χ0) is 17.6. The highest BCUT2D eigenvalue weighted by molar-refractivity contribution is 7.10. The number of hydrogen-bond acceptors (Lipinski definition) is 4. The fourth-order valence-electron chi connectivity index (χ4n) is 1.66. The van der Waals surface area contributed by atoms with Gasteiger partial charge >= 0.3 is 12.1 Å². The van der Waals surface area contributed by atoms with Crippen molar-refractivity contribution in [2.75, 3.05) is 11.9 Å². The fourth-order valence-corrected chi connectivity index (χ4v) is 2.28. The van der Waals surface area contributed by atoms with E-state index >= 15 is 0 Å². The summed E-state index contributed by atoms with van der Waals surface area (Å²) in [5.74, 6) is -1.33. The Morgan fingerprint density at radius 3 is 2.46 bits per heavy atom. The van der Waals surface area contributed by atoms with Gasteiger partial charge in [-0.1, -0.05) is 6.07 Å². The maximum atomic E-state index is 12.4. The Balaban J connectivity index is 1.79. The first-order valence-electron chi connectivity index (χ1n) is 6.70. The van der Waals surface area contributed by atoms with Gasteiger partial charge in [-0.3, -0.25) is 4.79 Å². The maximum absolute atomic E-state index is 12.4. The van der Waals surface area contributed by atoms with Gasteiger partial charge < -0.3 is 10.1 Å². The lowest BCUT2D eigenvalue weighted by Gasteiger charge is -2.08. The average Bonchev–Trinajstić information content (AvgIpc) is 3.04. The molecule has 1 aromatic heterocycles. The zero-order valence-corrected chi connectivity index (χ0v) is 13.0. The number of thiophene rings is 1. The van der Waals surface area contributed by atoms with Gasteiger partial charge in [0.05, 0.1) is 5.56 Å². The van der Waals surface area contributed by atoms with E-state index in [2.05, 4.69) is 5.32 Å². The van der Waals surface area contributed by atoms with E-state index in [0.717, 1.165) is 29.1 Å². The molecule has 0 aliphatic rings. The summed E-state index contributed by atoms with van der Waals surface area (Å²) in [6, 6.07) is 7.59. The zero-order valence-electron chi connectivity index (χ0n) is 12.2. The van der Waals surface area contributed by atoms with Gasteiger partial charge in [-0.05, 0) is 41.8 Å². The van der Waals surface area contributed by atoms with E-state index in [9.17, 15) is 22.8 Å². The minimum atomic E-state index is -4.44. The van der Waals surface area contributed by atoms with Gasteiger partial charge in [0, 0.05) is 16.6 Å². The number of benzene rings is 1. The second kappa shape index (κ2) is 7.78. The average molecular weight is 355 g/mol. The van der Waals surface area contributed by atoms with E-state index in [1.165, 1.54) is 17.4 Å². The number of amides is 1. The van der Waals surface area contributed by atoms with Crippen LogP contribution in [-0.4, -0.2) is 18.5 Å². The van der Waals surface area contributed by atoms with Gasteiger partial charge in [-0.2, -0.15) is 13.2 Å². The van der Waals surface area contributed by atoms with Crippen LogP contribution < -0.4 is 5.32 Å². The molecule has 0 aliphatic heterocycles. The van der Waals surface area contributed by atoms with Gasteiger partial charge in [0.2, 0.25) is 0 Å². The molecule has 0 unspecified atom stereocenters. The van der Waals surface area contributed by atoms with Crippen LogP contribution in [0.15, 0.2) is 47.9 Å². The van der Waals surface area contributed by atoms with Crippen molar-refractivity contribution in [2.24, 2.45) is 0 Å². The van der Waals surface area contributed by atoms with Crippen molar-refractivity contribution in [1.29, 1.82) is 0 Å². The summed E-state index contributed by atoms with van der Waals surface area (Å²) < 4.78 is 42.0. The van der Waals surface area contributed by atoms with Gasteiger partial charge in [0.25, 0.3) is 5.91 Å². The minimum Gasteiger partial charge on any atom is -0.452 e. The first-order valence-corrected chi connectivity index (χ1v) is 7.58. The van der Waals surface area contributed by atoms with Crippen molar-refractivity contribution in [2.45, 2.75) is 6.18 Å². The van der Waals surface area contributed by atoms with Crippen LogP contribution in [0.1, 0.15) is 10.4 Å². The molecule has 0 saturated carbocycles. The Morgan fingerprint density at radius 2 is 1.88 bits per heavy atom. The molecule has 126 valence electrons. The molecule has 2 rings (SSSR count). The molecule has 2 aromatic rings. The van der Waals surface area contributed by atoms with Crippen LogP contribution in [0.4, 0.5) is 18.9 Å². The quantitative estimate of drug-likeness (QED) is 0.652. The molecule has 0 saturated heterocycles. The highest BCUT2D eigenvalue weighted by Gasteiger charge is 2.29. The molecule has 1 heterocycles. The number of rotatable bonds is 5. The Bertz CT molecular complexity index is 722. The molecule has 0 spiro atoms. The fraction of sp³-hybridized carbons (Fsp3) is 0.125. The van der Waals surface area contributed by atoms with Crippen molar-refractivity contribution in [3.63, 3.8) is 0 Å². The SMILES string of the molecule is O=C(COC(=O)/C=C/c1cccs1)Nc1ccc(C(F)(F)F)cc1. The summed E-state index contributed by atoms with van der Waals surface area (Å²) in [7, 11) is 0. The van der Waals surface area contributed by atoms with E-state index in [1.54, 1.807) is 6.08 Å². The summed E-state index contributed by atoms with van der Waals surface area (Å²) in [5.41, 5.74) is -0.635. The third-order valence-electron chi connectivity index (χ3n) is 2.77. The first kappa shape index (κ1) is 17.7. The van der Waals surface area contributed by atoms with Gasteiger partial charge in [0.1, 0.15) is 0 Å². The number of carbonyl (C=O) groups is 2. The van der Waals surface area contributed by atoms with Crippen LogP contribution in [0.5, 0.6) is 0 Å². The number of halogens is 3. The molecule has 1 aromatic carbocycles. The highest BCUT2D eigenvalue weighted by atomic mass is 32.1. The number of hydrogen-bond donors (Lipinski definition) is 1. The lowest BCUT2D eigenvalue weighted by atomic mass is 10.2. The summed E-state index contributed by atoms with van der Waals surface area (Å²) in [4.78, 5) is 23.9. The Labute approximate surface area is 139 Å². The van der Waals surface area contributed by atoms with E-state index in [4.69, 9.17) is 4.74 Å². The largest absolute Gasteiger partial charge is 0.452 e. The van der Waals surface area contributed by atoms with Crippen LogP contribution in [0.25, 0.3) is 6.08 Å². The molecular formula is C16H12F3NO3S. The van der Waals surface area contributed by atoms with Crippen LogP contribution in [0, 0.1) is 0 Å². The molecule has 0 fully saturated rings. The minimum absolute atomic E-state index is 0.179. The number of esters is 1. The third-order valence-corrected chi connectivity index (χ3v) is 3.61. The van der Waals surface area contributed by atoms with Crippen molar-refractivity contribution in [3.05, 3.63) is 58.3 Å². The standard InChI is InChI=1S/C16H12F3NO3S/c17-16(18,19)11-3-5-12(6-4-11)20-14(21)10-23-15(22)8-7-13-2-1-9-24-13/h1-9H,10H2,(H,20,21)/b8-7+. The number of nitrogens with one attached hydrogen (secondary N) is 1. The lowest BCUT2D eigenvalue weighted by Crippen LogP contribution is -2.20. The van der Waals surface area contributed by atoms with E-state index in [1.807, 2.05) is 17.5 Å². The van der Waals surface area contributed by atoms with Crippen LogP contribution in [0.3, 0.4) is 0 Å². The molecule has 8 heteroatoms. The van der Waals surface area contributed by atoms with Crippen molar-refractivity contribution in [1.82, 2.24) is 0 Å². The molecular weight excluding hydrogens is 343 g/mol. The van der Waals surface area contributed by atoms with Gasteiger partial charge in [-0.15, -0.1) is 11.3 Å². The number of ether oxygens (including phenoxy) is 1. The summed E-state index contributed by atoms with van der Waals surface area (Å²) in [6.45, 7) is -0.533. The highest BCUT2D eigenvalue weighted by Crippen LogP contribution is 2.29. The number of carbonyl (C=O) groups excluding carboxylic acids is 2. The second-order valence-corrected chi connectivity index (χ2v) is 5.56. The normalized spacial score (nSPS) is 11.5. The van der Waals surface area contributed by atoms with E-state index in [0.29, 0.717) is 0 Å². The van der Waals surface area contributed by atoms with Crippen molar-refractivity contribution < 1.29 is 27.5 Å². The first-order chi connectivity index (χ1) is 11.3.